The second kappa shape index (κ2) is 7.74. The number of rotatable bonds is 3. The van der Waals surface area contributed by atoms with E-state index in [1.165, 1.54) is 0 Å². The second-order valence-corrected chi connectivity index (χ2v) is 6.42. The number of piperazine rings is 1. The Balaban J connectivity index is 1.69. The number of amides is 3. The summed E-state index contributed by atoms with van der Waals surface area (Å²) in [5, 5.41) is 7.75. The summed E-state index contributed by atoms with van der Waals surface area (Å²) in [6, 6.07) is 7.08. The molecular formula is C17H21ClN6O2. The van der Waals surface area contributed by atoms with Gasteiger partial charge in [-0.3, -0.25) is 4.79 Å². The minimum Gasteiger partial charge on any atom is -0.338 e. The molecule has 0 radical (unpaired) electrons. The van der Waals surface area contributed by atoms with E-state index in [0.29, 0.717) is 43.6 Å². The molecule has 2 aromatic rings. The van der Waals surface area contributed by atoms with Crippen molar-refractivity contribution in [1.82, 2.24) is 29.9 Å². The highest BCUT2D eigenvalue weighted by atomic mass is 35.5. The predicted octanol–water partition coefficient (Wildman–Crippen LogP) is 1.72. The van der Waals surface area contributed by atoms with Gasteiger partial charge in [0.15, 0.2) is 0 Å². The van der Waals surface area contributed by atoms with Gasteiger partial charge in [-0.05, 0) is 38.1 Å². The summed E-state index contributed by atoms with van der Waals surface area (Å²) in [6.45, 7) is 6.18. The molecule has 0 spiro atoms. The average Bonchev–Trinajstić information content (AvgIpc) is 3.04. The predicted molar refractivity (Wildman–Crippen MR) is 97.7 cm³/mol. The molecule has 0 atom stereocenters. The first-order valence-corrected chi connectivity index (χ1v) is 8.89. The lowest BCUT2D eigenvalue weighted by molar-refractivity contribution is 0.0653. The summed E-state index contributed by atoms with van der Waals surface area (Å²) >= 11 is 5.91. The fraction of sp³-hybridized carbons (Fsp3) is 0.412. The van der Waals surface area contributed by atoms with Gasteiger partial charge in [0.05, 0.1) is 5.69 Å². The van der Waals surface area contributed by atoms with E-state index < -0.39 is 0 Å². The molecule has 3 rings (SSSR count). The molecule has 1 aromatic heterocycles. The Labute approximate surface area is 156 Å². The third-order valence-corrected chi connectivity index (χ3v) is 4.47. The first kappa shape index (κ1) is 18.2. The van der Waals surface area contributed by atoms with Gasteiger partial charge in [0, 0.05) is 37.7 Å². The number of carbonyl (C=O) groups is 2. The third-order valence-electron chi connectivity index (χ3n) is 4.21. The Hall–Kier alpha value is -2.61. The van der Waals surface area contributed by atoms with Crippen LogP contribution in [0, 0.1) is 6.92 Å². The van der Waals surface area contributed by atoms with E-state index in [0.717, 1.165) is 5.69 Å². The summed E-state index contributed by atoms with van der Waals surface area (Å²) in [4.78, 5) is 32.2. The van der Waals surface area contributed by atoms with Crippen molar-refractivity contribution in [3.63, 3.8) is 0 Å². The van der Waals surface area contributed by atoms with Gasteiger partial charge in [-0.25, -0.2) is 14.5 Å². The van der Waals surface area contributed by atoms with Crippen LogP contribution in [-0.4, -0.2) is 69.2 Å². The van der Waals surface area contributed by atoms with Crippen molar-refractivity contribution >= 4 is 23.5 Å². The van der Waals surface area contributed by atoms with E-state index in [1.54, 1.807) is 33.5 Å². The van der Waals surface area contributed by atoms with Gasteiger partial charge in [0.2, 0.25) is 5.82 Å². The fourth-order valence-electron chi connectivity index (χ4n) is 2.82. The van der Waals surface area contributed by atoms with Gasteiger partial charge < -0.3 is 15.1 Å². The van der Waals surface area contributed by atoms with Crippen molar-refractivity contribution in [2.75, 3.05) is 32.7 Å². The van der Waals surface area contributed by atoms with Crippen LogP contribution in [0.1, 0.15) is 23.4 Å². The van der Waals surface area contributed by atoms with Crippen LogP contribution in [0.3, 0.4) is 0 Å². The first-order valence-electron chi connectivity index (χ1n) is 8.51. The van der Waals surface area contributed by atoms with E-state index >= 15 is 0 Å². The van der Waals surface area contributed by atoms with Crippen LogP contribution in [0.15, 0.2) is 24.3 Å². The zero-order valence-corrected chi connectivity index (χ0v) is 15.5. The number of benzene rings is 1. The lowest BCUT2D eigenvalue weighted by Gasteiger charge is -2.34. The summed E-state index contributed by atoms with van der Waals surface area (Å²) < 4.78 is 1.62. The zero-order valence-electron chi connectivity index (χ0n) is 14.8. The van der Waals surface area contributed by atoms with Crippen LogP contribution in [0.4, 0.5) is 4.79 Å². The van der Waals surface area contributed by atoms with Crippen LogP contribution in [0.25, 0.3) is 5.69 Å². The van der Waals surface area contributed by atoms with Crippen molar-refractivity contribution in [1.29, 1.82) is 0 Å². The van der Waals surface area contributed by atoms with E-state index in [-0.39, 0.29) is 17.8 Å². The molecule has 1 aliphatic rings. The fourth-order valence-corrected chi connectivity index (χ4v) is 2.95. The Morgan fingerprint density at radius 3 is 2.35 bits per heavy atom. The summed E-state index contributed by atoms with van der Waals surface area (Å²) in [5.41, 5.74) is 0.791. The van der Waals surface area contributed by atoms with Crippen molar-refractivity contribution < 1.29 is 9.59 Å². The van der Waals surface area contributed by atoms with Crippen molar-refractivity contribution in [2.24, 2.45) is 0 Å². The lowest BCUT2D eigenvalue weighted by Crippen LogP contribution is -2.53. The topological polar surface area (TPSA) is 83.4 Å². The molecule has 138 valence electrons. The Kier molecular flexibility index (Phi) is 5.41. The van der Waals surface area contributed by atoms with E-state index in [9.17, 15) is 9.59 Å². The molecule has 9 heteroatoms. The Morgan fingerprint density at radius 2 is 1.73 bits per heavy atom. The Bertz CT molecular complexity index is 796. The zero-order chi connectivity index (χ0) is 18.7. The standard InChI is InChI=1S/C17H21ClN6O2/c1-3-19-17(26)23-10-8-22(9-11-23)16(25)15-20-12(2)24(21-15)14-6-4-13(18)5-7-14/h4-7H,3,8-11H2,1-2H3,(H,19,26). The maximum absolute atomic E-state index is 12.7. The quantitative estimate of drug-likeness (QED) is 0.884. The lowest BCUT2D eigenvalue weighted by atomic mass is 10.3. The number of hydrogen-bond acceptors (Lipinski definition) is 4. The molecule has 1 N–H and O–H groups in total. The summed E-state index contributed by atoms with van der Waals surface area (Å²) in [6.07, 6.45) is 0. The molecule has 1 aromatic carbocycles. The van der Waals surface area contributed by atoms with E-state index in [1.807, 2.05) is 19.1 Å². The van der Waals surface area contributed by atoms with Crippen LogP contribution in [0.2, 0.25) is 5.02 Å². The van der Waals surface area contributed by atoms with Crippen molar-refractivity contribution in [3.05, 3.63) is 40.9 Å². The minimum absolute atomic E-state index is 0.0967. The number of aromatic nitrogens is 3. The van der Waals surface area contributed by atoms with Crippen LogP contribution in [0.5, 0.6) is 0 Å². The number of carbonyl (C=O) groups excluding carboxylic acids is 2. The van der Waals surface area contributed by atoms with Gasteiger partial charge in [-0.15, -0.1) is 5.10 Å². The number of nitrogens with zero attached hydrogens (tertiary/aromatic N) is 5. The van der Waals surface area contributed by atoms with Gasteiger partial charge in [0.1, 0.15) is 5.82 Å². The molecule has 1 fully saturated rings. The molecule has 0 bridgehead atoms. The molecule has 2 heterocycles. The number of urea groups is 1. The highest BCUT2D eigenvalue weighted by Crippen LogP contribution is 2.15. The monoisotopic (exact) mass is 376 g/mol. The molecule has 0 aliphatic carbocycles. The second-order valence-electron chi connectivity index (χ2n) is 5.99. The third kappa shape index (κ3) is 3.80. The van der Waals surface area contributed by atoms with Crippen molar-refractivity contribution in [2.45, 2.75) is 13.8 Å². The van der Waals surface area contributed by atoms with Gasteiger partial charge in [-0.1, -0.05) is 11.6 Å². The molecule has 0 unspecified atom stereocenters. The number of hydrogen-bond donors (Lipinski definition) is 1. The van der Waals surface area contributed by atoms with Crippen LogP contribution >= 0.6 is 11.6 Å². The number of halogens is 1. The largest absolute Gasteiger partial charge is 0.338 e. The van der Waals surface area contributed by atoms with Crippen LogP contribution < -0.4 is 5.32 Å². The van der Waals surface area contributed by atoms with Gasteiger partial charge in [-0.2, -0.15) is 0 Å². The highest BCUT2D eigenvalue weighted by Gasteiger charge is 2.27. The highest BCUT2D eigenvalue weighted by molar-refractivity contribution is 6.30. The van der Waals surface area contributed by atoms with E-state index in [2.05, 4.69) is 15.4 Å². The SMILES string of the molecule is CCNC(=O)N1CCN(C(=O)c2nc(C)n(-c3ccc(Cl)cc3)n2)CC1. The molecule has 0 saturated carbocycles. The smallest absolute Gasteiger partial charge is 0.317 e. The summed E-state index contributed by atoms with van der Waals surface area (Å²) in [7, 11) is 0. The van der Waals surface area contributed by atoms with E-state index in [4.69, 9.17) is 11.6 Å². The van der Waals surface area contributed by atoms with Crippen LogP contribution in [-0.2, 0) is 0 Å². The molecular weight excluding hydrogens is 356 g/mol. The summed E-state index contributed by atoms with van der Waals surface area (Å²) in [5.74, 6) is 0.553. The molecule has 1 aliphatic heterocycles. The molecule has 1 saturated heterocycles. The van der Waals surface area contributed by atoms with Gasteiger partial charge >= 0.3 is 6.03 Å². The average molecular weight is 377 g/mol. The number of nitrogens with one attached hydrogen (secondary N) is 1. The normalized spacial score (nSPS) is 14.4. The minimum atomic E-state index is -0.226. The molecule has 8 nitrogen and oxygen atoms in total. The maximum Gasteiger partial charge on any atom is 0.317 e. The van der Waals surface area contributed by atoms with Gasteiger partial charge in [0.25, 0.3) is 5.91 Å². The first-order chi connectivity index (χ1) is 12.5. The maximum atomic E-state index is 12.7. The number of aryl methyl sites for hydroxylation is 1. The Morgan fingerprint density at radius 1 is 1.12 bits per heavy atom. The van der Waals surface area contributed by atoms with Crippen molar-refractivity contribution in [3.8, 4) is 5.69 Å². The molecule has 3 amide bonds. The molecule has 26 heavy (non-hydrogen) atoms.